The highest BCUT2D eigenvalue weighted by Crippen LogP contribution is 2.28. The average Bonchev–Trinajstić information content (AvgIpc) is 2.41. The zero-order valence-electron chi connectivity index (χ0n) is 10.3. The number of primary sulfonamides is 1. The number of sulfonamides is 1. The lowest BCUT2D eigenvalue weighted by molar-refractivity contribution is 0.595. The van der Waals surface area contributed by atoms with E-state index in [1.807, 2.05) is 0 Å². The molecular formula is C12H9Cl2NO4S2. The van der Waals surface area contributed by atoms with Crippen LogP contribution in [0.2, 0.25) is 10.0 Å². The minimum absolute atomic E-state index is 0.0837. The zero-order chi connectivity index (χ0) is 15.8. The van der Waals surface area contributed by atoms with E-state index in [4.69, 9.17) is 28.3 Å². The van der Waals surface area contributed by atoms with E-state index in [9.17, 15) is 16.8 Å². The Morgan fingerprint density at radius 2 is 1.33 bits per heavy atom. The molecule has 2 aromatic carbocycles. The first-order chi connectivity index (χ1) is 9.62. The Kier molecular flexibility index (Phi) is 4.32. The highest BCUT2D eigenvalue weighted by atomic mass is 35.5. The van der Waals surface area contributed by atoms with Crippen molar-refractivity contribution in [3.8, 4) is 0 Å². The molecule has 0 amide bonds. The predicted octanol–water partition coefficient (Wildman–Crippen LogP) is 2.47. The number of hydrogen-bond donors (Lipinski definition) is 1. The Morgan fingerprint density at radius 1 is 0.762 bits per heavy atom. The molecule has 112 valence electrons. The normalized spacial score (nSPS) is 12.3. The number of hydrogen-bond acceptors (Lipinski definition) is 4. The van der Waals surface area contributed by atoms with Gasteiger partial charge in [0.05, 0.1) is 24.7 Å². The van der Waals surface area contributed by atoms with Crippen LogP contribution in [-0.4, -0.2) is 16.8 Å². The molecule has 0 saturated carbocycles. The number of rotatable bonds is 3. The fraction of sp³-hybridized carbons (Fsp3) is 0. The predicted molar refractivity (Wildman–Crippen MR) is 79.7 cm³/mol. The average molecular weight is 366 g/mol. The molecule has 0 fully saturated rings. The molecule has 2 N–H and O–H groups in total. The second kappa shape index (κ2) is 5.58. The quantitative estimate of drug-likeness (QED) is 0.903. The van der Waals surface area contributed by atoms with Crippen molar-refractivity contribution in [1.82, 2.24) is 0 Å². The lowest BCUT2D eigenvalue weighted by atomic mass is 10.4. The summed E-state index contributed by atoms with van der Waals surface area (Å²) in [7, 11) is -7.92. The van der Waals surface area contributed by atoms with Crippen LogP contribution in [0.4, 0.5) is 0 Å². The first-order valence-corrected chi connectivity index (χ1v) is 9.24. The number of nitrogens with two attached hydrogens (primary N) is 1. The van der Waals surface area contributed by atoms with Crippen LogP contribution in [0.3, 0.4) is 0 Å². The Morgan fingerprint density at radius 3 is 1.90 bits per heavy atom. The first kappa shape index (κ1) is 16.3. The molecule has 0 aliphatic carbocycles. The van der Waals surface area contributed by atoms with E-state index in [1.165, 1.54) is 36.4 Å². The summed E-state index contributed by atoms with van der Waals surface area (Å²) in [5.41, 5.74) is 0. The van der Waals surface area contributed by atoms with E-state index in [2.05, 4.69) is 0 Å². The molecule has 0 aliphatic heterocycles. The third-order valence-electron chi connectivity index (χ3n) is 2.65. The monoisotopic (exact) mass is 365 g/mol. The Hall–Kier alpha value is -1.12. The summed E-state index contributed by atoms with van der Waals surface area (Å²) >= 11 is 11.5. The van der Waals surface area contributed by atoms with Crippen LogP contribution in [0.15, 0.2) is 57.2 Å². The minimum atomic E-state index is -3.99. The summed E-state index contributed by atoms with van der Waals surface area (Å²) in [5, 5.41) is 5.29. The van der Waals surface area contributed by atoms with Crippen LogP contribution >= 0.6 is 23.2 Å². The Balaban J connectivity index is 2.62. The van der Waals surface area contributed by atoms with Gasteiger partial charge in [-0.3, -0.25) is 0 Å². The molecule has 0 spiro atoms. The maximum atomic E-state index is 12.4. The van der Waals surface area contributed by atoms with Crippen LogP contribution in [0.1, 0.15) is 0 Å². The van der Waals surface area contributed by atoms with Gasteiger partial charge in [-0.25, -0.2) is 22.0 Å². The molecule has 5 nitrogen and oxygen atoms in total. The van der Waals surface area contributed by atoms with Crippen LogP contribution in [-0.2, 0) is 19.9 Å². The summed E-state index contributed by atoms with van der Waals surface area (Å²) < 4.78 is 47.5. The van der Waals surface area contributed by atoms with Crippen molar-refractivity contribution in [2.75, 3.05) is 0 Å². The highest BCUT2D eigenvalue weighted by molar-refractivity contribution is 7.91. The SMILES string of the molecule is NS(=O)(=O)c1cccc(S(=O)(=O)c2ccc(Cl)c(Cl)c2)c1. The second-order valence-electron chi connectivity index (χ2n) is 4.10. The molecule has 0 radical (unpaired) electrons. The van der Waals surface area contributed by atoms with Gasteiger partial charge in [0, 0.05) is 0 Å². The molecule has 9 heteroatoms. The van der Waals surface area contributed by atoms with Crippen molar-refractivity contribution >= 4 is 43.1 Å². The first-order valence-electron chi connectivity index (χ1n) is 5.45. The van der Waals surface area contributed by atoms with Crippen molar-refractivity contribution in [3.63, 3.8) is 0 Å². The zero-order valence-corrected chi connectivity index (χ0v) is 13.5. The minimum Gasteiger partial charge on any atom is -0.225 e. The summed E-state index contributed by atoms with van der Waals surface area (Å²) in [4.78, 5) is -0.584. The maximum Gasteiger partial charge on any atom is 0.238 e. The summed E-state index contributed by atoms with van der Waals surface area (Å²) in [6.07, 6.45) is 0. The lowest BCUT2D eigenvalue weighted by Crippen LogP contribution is -2.13. The van der Waals surface area contributed by atoms with Crippen molar-refractivity contribution in [2.24, 2.45) is 5.14 Å². The second-order valence-corrected chi connectivity index (χ2v) is 8.42. The third kappa shape index (κ3) is 3.38. The lowest BCUT2D eigenvalue weighted by Gasteiger charge is -2.07. The molecule has 2 rings (SSSR count). The van der Waals surface area contributed by atoms with E-state index in [1.54, 1.807) is 0 Å². The fourth-order valence-corrected chi connectivity index (χ4v) is 3.93. The van der Waals surface area contributed by atoms with E-state index in [0.29, 0.717) is 0 Å². The molecule has 0 aliphatic rings. The molecule has 2 aromatic rings. The van der Waals surface area contributed by atoms with Gasteiger partial charge in [0.25, 0.3) is 0 Å². The van der Waals surface area contributed by atoms with Crippen LogP contribution in [0.5, 0.6) is 0 Å². The van der Waals surface area contributed by atoms with E-state index >= 15 is 0 Å². The van der Waals surface area contributed by atoms with Gasteiger partial charge in [0.1, 0.15) is 0 Å². The van der Waals surface area contributed by atoms with E-state index < -0.39 is 19.9 Å². The van der Waals surface area contributed by atoms with Gasteiger partial charge in [-0.15, -0.1) is 0 Å². The standard InChI is InChI=1S/C12H9Cl2NO4S2/c13-11-5-4-9(7-12(11)14)20(16,17)8-2-1-3-10(6-8)21(15,18)19/h1-7H,(H2,15,18,19). The summed E-state index contributed by atoms with van der Waals surface area (Å²) in [6, 6.07) is 8.60. The largest absolute Gasteiger partial charge is 0.238 e. The molecule has 0 saturated heterocycles. The fourth-order valence-electron chi connectivity index (χ4n) is 1.60. The third-order valence-corrected chi connectivity index (χ3v) is 6.04. The van der Waals surface area contributed by atoms with Crippen molar-refractivity contribution in [1.29, 1.82) is 0 Å². The maximum absolute atomic E-state index is 12.4. The van der Waals surface area contributed by atoms with Crippen LogP contribution in [0.25, 0.3) is 0 Å². The van der Waals surface area contributed by atoms with Gasteiger partial charge in [-0.05, 0) is 36.4 Å². The van der Waals surface area contributed by atoms with Gasteiger partial charge in [0.15, 0.2) is 0 Å². The van der Waals surface area contributed by atoms with Crippen LogP contribution < -0.4 is 5.14 Å². The molecule has 0 aromatic heterocycles. The van der Waals surface area contributed by atoms with Gasteiger partial charge in [-0.1, -0.05) is 29.3 Å². The number of halogens is 2. The summed E-state index contributed by atoms with van der Waals surface area (Å²) in [6.45, 7) is 0. The number of benzene rings is 2. The van der Waals surface area contributed by atoms with Gasteiger partial charge >= 0.3 is 0 Å². The van der Waals surface area contributed by atoms with Gasteiger partial charge in [0.2, 0.25) is 19.9 Å². The smallest absolute Gasteiger partial charge is 0.225 e. The van der Waals surface area contributed by atoms with Crippen LogP contribution in [0, 0.1) is 0 Å². The van der Waals surface area contributed by atoms with E-state index in [0.717, 1.165) is 6.07 Å². The number of sulfone groups is 1. The highest BCUT2D eigenvalue weighted by Gasteiger charge is 2.20. The molecular weight excluding hydrogens is 357 g/mol. The van der Waals surface area contributed by atoms with Crippen molar-refractivity contribution in [3.05, 3.63) is 52.5 Å². The summed E-state index contributed by atoms with van der Waals surface area (Å²) in [5.74, 6) is 0. The molecule has 0 unspecified atom stereocenters. The molecule has 21 heavy (non-hydrogen) atoms. The molecule has 0 heterocycles. The van der Waals surface area contributed by atoms with E-state index in [-0.39, 0.29) is 24.7 Å². The molecule has 0 bridgehead atoms. The molecule has 0 atom stereocenters. The van der Waals surface area contributed by atoms with Gasteiger partial charge in [-0.2, -0.15) is 0 Å². The Labute approximate surface area is 132 Å². The van der Waals surface area contributed by atoms with Gasteiger partial charge < -0.3 is 0 Å². The van der Waals surface area contributed by atoms with Crippen molar-refractivity contribution in [2.45, 2.75) is 14.7 Å². The Bertz CT molecular complexity index is 909. The van der Waals surface area contributed by atoms with Crippen molar-refractivity contribution < 1.29 is 16.8 Å². The topological polar surface area (TPSA) is 94.3 Å².